The lowest BCUT2D eigenvalue weighted by Gasteiger charge is -2.43. The van der Waals surface area contributed by atoms with E-state index >= 15 is 0 Å². The van der Waals surface area contributed by atoms with Gasteiger partial charge in [-0.05, 0) is 26.3 Å². The highest BCUT2D eigenvalue weighted by Crippen LogP contribution is 2.36. The van der Waals surface area contributed by atoms with Gasteiger partial charge >= 0.3 is 0 Å². The monoisotopic (exact) mass is 432 g/mol. The Morgan fingerprint density at radius 1 is 1.04 bits per heavy atom. The fraction of sp³-hybridized carbons (Fsp3) is 0.364. The predicted octanol–water partition coefficient (Wildman–Crippen LogP) is 4.61. The summed E-state index contributed by atoms with van der Waals surface area (Å²) in [6.07, 6.45) is 0.694. The van der Waals surface area contributed by atoms with Crippen LogP contribution >= 0.6 is 15.9 Å². The van der Waals surface area contributed by atoms with Crippen molar-refractivity contribution >= 4 is 34.6 Å². The highest BCUT2D eigenvalue weighted by molar-refractivity contribution is 9.11. The molecule has 140 valence electrons. The van der Waals surface area contributed by atoms with Gasteiger partial charge < -0.3 is 9.53 Å². The molecule has 2 rings (SSSR count). The molecule has 2 aromatic rings. The molecule has 2 aromatic carbocycles. The van der Waals surface area contributed by atoms with Crippen molar-refractivity contribution in [3.8, 4) is 0 Å². The van der Waals surface area contributed by atoms with Crippen LogP contribution < -0.4 is 10.4 Å². The molecule has 0 heterocycles. The van der Waals surface area contributed by atoms with Gasteiger partial charge in [0, 0.05) is 13.0 Å². The minimum atomic E-state index is -2.50. The van der Waals surface area contributed by atoms with Gasteiger partial charge in [-0.2, -0.15) is 0 Å². The fourth-order valence-corrected chi connectivity index (χ4v) is 8.42. The molecule has 0 saturated heterocycles. The van der Waals surface area contributed by atoms with E-state index in [0.29, 0.717) is 19.4 Å². The van der Waals surface area contributed by atoms with Crippen molar-refractivity contribution in [1.82, 2.24) is 0 Å². The van der Waals surface area contributed by atoms with E-state index in [-0.39, 0.29) is 5.04 Å². The van der Waals surface area contributed by atoms with E-state index in [4.69, 9.17) is 4.43 Å². The third-order valence-electron chi connectivity index (χ3n) is 4.64. The zero-order valence-electron chi connectivity index (χ0n) is 15.9. The van der Waals surface area contributed by atoms with Gasteiger partial charge in [-0.1, -0.05) is 104 Å². The van der Waals surface area contributed by atoms with E-state index in [9.17, 15) is 5.11 Å². The summed E-state index contributed by atoms with van der Waals surface area (Å²) in [6, 6.07) is 21.1. The number of benzene rings is 2. The smallest absolute Gasteiger partial charge is 0.261 e. The Bertz CT molecular complexity index is 656. The number of aliphatic hydroxyl groups is 1. The zero-order chi connectivity index (χ0) is 19.2. The summed E-state index contributed by atoms with van der Waals surface area (Å²) in [6.45, 7) is 11.1. The van der Waals surface area contributed by atoms with Gasteiger partial charge in [-0.25, -0.2) is 0 Å². The largest absolute Gasteiger partial charge is 0.407 e. The summed E-state index contributed by atoms with van der Waals surface area (Å²) >= 11 is 3.32. The van der Waals surface area contributed by atoms with Crippen LogP contribution in [0.25, 0.3) is 0 Å². The number of hydrogen-bond acceptors (Lipinski definition) is 2. The van der Waals surface area contributed by atoms with Crippen molar-refractivity contribution in [2.24, 2.45) is 0 Å². The second-order valence-electron chi connectivity index (χ2n) is 7.68. The molecule has 0 aliphatic rings. The number of halogens is 1. The fourth-order valence-electron chi connectivity index (χ4n) is 3.47. The van der Waals surface area contributed by atoms with Crippen LogP contribution in [-0.2, 0) is 4.43 Å². The van der Waals surface area contributed by atoms with Gasteiger partial charge in [0.25, 0.3) is 8.32 Å². The van der Waals surface area contributed by atoms with Crippen molar-refractivity contribution in [3.05, 3.63) is 71.7 Å². The SMILES string of the molecule is C=C(Br)C[C@@H](O)CCO[Si](c1ccccc1)(c1ccccc1)C(C)(C)C. The number of rotatable bonds is 8. The minimum absolute atomic E-state index is 0.0420. The average molecular weight is 433 g/mol. The van der Waals surface area contributed by atoms with E-state index in [0.717, 1.165) is 4.48 Å². The lowest BCUT2D eigenvalue weighted by Crippen LogP contribution is -2.66. The van der Waals surface area contributed by atoms with E-state index in [1.165, 1.54) is 10.4 Å². The summed E-state index contributed by atoms with van der Waals surface area (Å²) in [5, 5.41) is 12.7. The van der Waals surface area contributed by atoms with Crippen LogP contribution in [0.15, 0.2) is 71.7 Å². The Kier molecular flexibility index (Phi) is 7.41. The predicted molar refractivity (Wildman–Crippen MR) is 117 cm³/mol. The maximum atomic E-state index is 10.2. The standard InChI is InChI=1S/C22H29BrO2Si/c1-18(23)17-19(24)15-16-25-26(22(2,3)4,20-11-7-5-8-12-20)21-13-9-6-10-14-21/h5-14,19,24H,1,15-17H2,2-4H3/t19-/m0/s1. The van der Waals surface area contributed by atoms with E-state index < -0.39 is 14.4 Å². The van der Waals surface area contributed by atoms with Crippen LogP contribution in [-0.4, -0.2) is 26.1 Å². The molecular weight excluding hydrogens is 404 g/mol. The van der Waals surface area contributed by atoms with Crippen LogP contribution in [0.5, 0.6) is 0 Å². The molecule has 0 bridgehead atoms. The van der Waals surface area contributed by atoms with Crippen LogP contribution in [0.4, 0.5) is 0 Å². The molecule has 1 N–H and O–H groups in total. The van der Waals surface area contributed by atoms with Gasteiger partial charge in [-0.3, -0.25) is 0 Å². The van der Waals surface area contributed by atoms with Gasteiger partial charge in [0.05, 0.1) is 6.10 Å². The number of aliphatic hydroxyl groups excluding tert-OH is 1. The van der Waals surface area contributed by atoms with Gasteiger partial charge in [0.2, 0.25) is 0 Å². The van der Waals surface area contributed by atoms with E-state index in [1.807, 2.05) is 12.1 Å². The molecule has 0 saturated carbocycles. The molecule has 0 amide bonds. The van der Waals surface area contributed by atoms with Crippen molar-refractivity contribution < 1.29 is 9.53 Å². The number of hydrogen-bond donors (Lipinski definition) is 1. The van der Waals surface area contributed by atoms with E-state index in [1.54, 1.807) is 0 Å². The van der Waals surface area contributed by atoms with Crippen LogP contribution in [0, 0.1) is 0 Å². The summed E-state index contributed by atoms with van der Waals surface area (Å²) in [5.74, 6) is 0. The van der Waals surface area contributed by atoms with Gasteiger partial charge in [0.1, 0.15) is 0 Å². The highest BCUT2D eigenvalue weighted by atomic mass is 79.9. The highest BCUT2D eigenvalue weighted by Gasteiger charge is 2.49. The minimum Gasteiger partial charge on any atom is -0.407 e. The van der Waals surface area contributed by atoms with Crippen molar-refractivity contribution in [2.75, 3.05) is 6.61 Å². The quantitative estimate of drug-likeness (QED) is 0.616. The first-order valence-electron chi connectivity index (χ1n) is 9.03. The molecule has 0 aliphatic heterocycles. The lowest BCUT2D eigenvalue weighted by atomic mass is 10.2. The third kappa shape index (κ3) is 4.95. The Labute approximate surface area is 167 Å². The second kappa shape index (κ2) is 9.13. The molecule has 0 unspecified atom stereocenters. The molecular formula is C22H29BrO2Si. The summed E-state index contributed by atoms with van der Waals surface area (Å²) in [5.41, 5.74) is 0. The average Bonchev–Trinajstić information content (AvgIpc) is 2.58. The van der Waals surface area contributed by atoms with Crippen molar-refractivity contribution in [3.63, 3.8) is 0 Å². The molecule has 1 atom stereocenters. The van der Waals surface area contributed by atoms with Crippen molar-refractivity contribution in [1.29, 1.82) is 0 Å². The summed E-state index contributed by atoms with van der Waals surface area (Å²) < 4.78 is 7.57. The molecule has 0 spiro atoms. The van der Waals surface area contributed by atoms with Crippen molar-refractivity contribution in [2.45, 2.75) is 44.8 Å². The summed E-state index contributed by atoms with van der Waals surface area (Å²) in [4.78, 5) is 0. The maximum Gasteiger partial charge on any atom is 0.261 e. The lowest BCUT2D eigenvalue weighted by molar-refractivity contribution is 0.138. The molecule has 2 nitrogen and oxygen atoms in total. The van der Waals surface area contributed by atoms with E-state index in [2.05, 4.69) is 91.8 Å². The maximum absolute atomic E-state index is 10.2. The van der Waals surface area contributed by atoms with Crippen LogP contribution in [0.2, 0.25) is 5.04 Å². The summed E-state index contributed by atoms with van der Waals surface area (Å²) in [7, 11) is -2.50. The first-order valence-corrected chi connectivity index (χ1v) is 11.7. The second-order valence-corrected chi connectivity index (χ2v) is 13.1. The first kappa shape index (κ1) is 21.1. The van der Waals surface area contributed by atoms with Crippen LogP contribution in [0.1, 0.15) is 33.6 Å². The molecule has 0 fully saturated rings. The molecule has 26 heavy (non-hydrogen) atoms. The molecule has 0 radical (unpaired) electrons. The third-order valence-corrected chi connectivity index (χ3v) is 10.0. The molecule has 4 heteroatoms. The van der Waals surface area contributed by atoms with Gasteiger partial charge in [-0.15, -0.1) is 0 Å². The normalized spacial score (nSPS) is 13.4. The Hall–Kier alpha value is -1.20. The Morgan fingerprint density at radius 3 is 1.88 bits per heavy atom. The molecule has 0 aliphatic carbocycles. The zero-order valence-corrected chi connectivity index (χ0v) is 18.5. The first-order chi connectivity index (χ1) is 12.3. The van der Waals surface area contributed by atoms with Gasteiger partial charge in [0.15, 0.2) is 0 Å². The van der Waals surface area contributed by atoms with Crippen LogP contribution in [0.3, 0.4) is 0 Å². The molecule has 0 aromatic heterocycles. The Balaban J connectivity index is 2.39. The Morgan fingerprint density at radius 2 is 1.50 bits per heavy atom. The topological polar surface area (TPSA) is 29.5 Å².